The van der Waals surface area contributed by atoms with Crippen molar-refractivity contribution in [3.05, 3.63) is 72.5 Å². The van der Waals surface area contributed by atoms with E-state index in [1.54, 1.807) is 12.1 Å². The van der Waals surface area contributed by atoms with E-state index in [2.05, 4.69) is 0 Å². The van der Waals surface area contributed by atoms with E-state index < -0.39 is 0 Å². The average Bonchev–Trinajstić information content (AvgIpc) is 3.16. The van der Waals surface area contributed by atoms with Crippen molar-refractivity contribution >= 4 is 23.0 Å². The number of hydrogen-bond acceptors (Lipinski definition) is 5. The molecule has 0 aliphatic rings. The molecule has 0 fully saturated rings. The number of furan rings is 1. The Hall–Kier alpha value is -3.35. The fourth-order valence-corrected chi connectivity index (χ4v) is 3.64. The number of nitrogens with zero attached hydrogens (tertiary/aromatic N) is 3. The molecule has 1 aromatic carbocycles. The van der Waals surface area contributed by atoms with Crippen molar-refractivity contribution in [1.82, 2.24) is 4.57 Å². The number of aryl methyl sites for hydroxylation is 3. The van der Waals surface area contributed by atoms with Crippen LogP contribution < -0.4 is 14.8 Å². The molecule has 3 aromatic rings. The van der Waals surface area contributed by atoms with Gasteiger partial charge < -0.3 is 4.42 Å². The average molecular weight is 361 g/mol. The minimum atomic E-state index is -0.282. The second kappa shape index (κ2) is 6.87. The van der Waals surface area contributed by atoms with Crippen molar-refractivity contribution in [2.75, 3.05) is 0 Å². The van der Waals surface area contributed by atoms with Crippen LogP contribution in [0.4, 0.5) is 0 Å². The summed E-state index contributed by atoms with van der Waals surface area (Å²) in [5, 5.41) is 18.6. The number of benzene rings is 1. The topological polar surface area (TPSA) is 82.7 Å². The van der Waals surface area contributed by atoms with Crippen LogP contribution in [0, 0.1) is 43.4 Å². The predicted molar refractivity (Wildman–Crippen MR) is 100 cm³/mol. The first-order valence-corrected chi connectivity index (χ1v) is 8.68. The Morgan fingerprint density at radius 1 is 1.15 bits per heavy atom. The standard InChI is InChI=1S/C20H15N3O2S/c1-12-4-5-13(2)17(8-12)23-19(24)18(9-16-7-6-14(3)25-16)26-20(23)15(10-21)11-22/h4-9H,1-3H3/b18-9-. The van der Waals surface area contributed by atoms with Crippen LogP contribution in [0.15, 0.2) is 39.5 Å². The van der Waals surface area contributed by atoms with Crippen molar-refractivity contribution in [1.29, 1.82) is 10.5 Å². The maximum atomic E-state index is 13.1. The quantitative estimate of drug-likeness (QED) is 0.702. The Bertz CT molecular complexity index is 1240. The highest BCUT2D eigenvalue weighted by Crippen LogP contribution is 2.13. The molecule has 26 heavy (non-hydrogen) atoms. The Kier molecular flexibility index (Phi) is 4.62. The van der Waals surface area contributed by atoms with Crippen LogP contribution >= 0.6 is 11.3 Å². The molecular weight excluding hydrogens is 346 g/mol. The van der Waals surface area contributed by atoms with Crippen LogP contribution in [0.5, 0.6) is 0 Å². The molecule has 128 valence electrons. The first-order chi connectivity index (χ1) is 12.4. The minimum Gasteiger partial charge on any atom is -0.462 e. The molecule has 0 N–H and O–H groups in total. The lowest BCUT2D eigenvalue weighted by atomic mass is 10.1. The Balaban J connectivity index is 2.45. The fourth-order valence-electron chi connectivity index (χ4n) is 2.61. The second-order valence-electron chi connectivity index (χ2n) is 5.89. The molecule has 6 heteroatoms. The molecule has 2 aromatic heterocycles. The highest BCUT2D eigenvalue weighted by molar-refractivity contribution is 7.07. The van der Waals surface area contributed by atoms with Crippen LogP contribution in [0.2, 0.25) is 0 Å². The van der Waals surface area contributed by atoms with Crippen molar-refractivity contribution in [2.45, 2.75) is 20.8 Å². The van der Waals surface area contributed by atoms with E-state index in [-0.39, 0.29) is 11.1 Å². The summed E-state index contributed by atoms with van der Waals surface area (Å²) in [7, 11) is 0. The van der Waals surface area contributed by atoms with Gasteiger partial charge in [0, 0.05) is 6.08 Å². The van der Waals surface area contributed by atoms with Gasteiger partial charge in [-0.05, 0) is 50.1 Å². The third-order valence-corrected chi connectivity index (χ3v) is 4.99. The normalized spacial score (nSPS) is 11.2. The summed E-state index contributed by atoms with van der Waals surface area (Å²) in [6, 6.07) is 13.1. The Labute approximate surface area is 154 Å². The molecule has 0 amide bonds. The number of rotatable bonds is 2. The van der Waals surface area contributed by atoms with Gasteiger partial charge in [0.25, 0.3) is 5.56 Å². The number of hydrogen-bond donors (Lipinski definition) is 0. The summed E-state index contributed by atoms with van der Waals surface area (Å²) in [6.07, 6.45) is 1.64. The van der Waals surface area contributed by atoms with E-state index >= 15 is 0 Å². The molecule has 0 radical (unpaired) electrons. The third kappa shape index (κ3) is 3.11. The van der Waals surface area contributed by atoms with Gasteiger partial charge in [-0.15, -0.1) is 11.3 Å². The van der Waals surface area contributed by atoms with Gasteiger partial charge >= 0.3 is 0 Å². The summed E-state index contributed by atoms with van der Waals surface area (Å²) < 4.78 is 7.68. The third-order valence-electron chi connectivity index (χ3n) is 3.90. The van der Waals surface area contributed by atoms with E-state index in [4.69, 9.17) is 4.42 Å². The van der Waals surface area contributed by atoms with E-state index in [1.165, 1.54) is 4.57 Å². The van der Waals surface area contributed by atoms with Crippen LogP contribution in [-0.2, 0) is 0 Å². The van der Waals surface area contributed by atoms with E-state index in [0.717, 1.165) is 28.2 Å². The number of aromatic nitrogens is 1. The number of thiazole rings is 1. The number of nitriles is 2. The highest BCUT2D eigenvalue weighted by atomic mass is 32.1. The van der Waals surface area contributed by atoms with Crippen molar-refractivity contribution in [3.8, 4) is 17.8 Å². The van der Waals surface area contributed by atoms with Gasteiger partial charge in [0.2, 0.25) is 0 Å². The SMILES string of the molecule is Cc1ccc(C)c(-n2c(=C(C#N)C#N)s/c(=C\c3ccc(C)o3)c2=O)c1. The van der Waals surface area contributed by atoms with E-state index in [0.29, 0.717) is 20.6 Å². The first kappa shape index (κ1) is 17.5. The fraction of sp³-hybridized carbons (Fsp3) is 0.150. The maximum absolute atomic E-state index is 13.1. The van der Waals surface area contributed by atoms with Crippen molar-refractivity contribution < 1.29 is 4.42 Å². The van der Waals surface area contributed by atoms with Crippen molar-refractivity contribution in [3.63, 3.8) is 0 Å². The van der Waals surface area contributed by atoms with Gasteiger partial charge in [0.05, 0.1) is 10.2 Å². The van der Waals surface area contributed by atoms with Crippen LogP contribution in [0.1, 0.15) is 22.6 Å². The zero-order valence-corrected chi connectivity index (χ0v) is 15.3. The monoisotopic (exact) mass is 361 g/mol. The van der Waals surface area contributed by atoms with E-state index in [9.17, 15) is 15.3 Å². The van der Waals surface area contributed by atoms with Crippen molar-refractivity contribution in [2.24, 2.45) is 0 Å². The molecular formula is C20H15N3O2S. The van der Waals surface area contributed by atoms with Gasteiger partial charge in [0.15, 0.2) is 5.57 Å². The lowest BCUT2D eigenvalue weighted by molar-refractivity contribution is 0.525. The minimum absolute atomic E-state index is 0.0942. The lowest BCUT2D eigenvalue weighted by Crippen LogP contribution is -2.31. The van der Waals surface area contributed by atoms with Gasteiger partial charge in [-0.25, -0.2) is 0 Å². The maximum Gasteiger partial charge on any atom is 0.273 e. The zero-order chi connectivity index (χ0) is 18.8. The van der Waals surface area contributed by atoms with Crippen LogP contribution in [0.3, 0.4) is 0 Å². The molecule has 0 aliphatic heterocycles. The molecule has 0 saturated heterocycles. The largest absolute Gasteiger partial charge is 0.462 e. The zero-order valence-electron chi connectivity index (χ0n) is 14.5. The lowest BCUT2D eigenvalue weighted by Gasteiger charge is -2.07. The summed E-state index contributed by atoms with van der Waals surface area (Å²) in [6.45, 7) is 5.64. The smallest absolute Gasteiger partial charge is 0.273 e. The summed E-state index contributed by atoms with van der Waals surface area (Å²) >= 11 is 1.11. The second-order valence-corrected chi connectivity index (χ2v) is 6.92. The van der Waals surface area contributed by atoms with Gasteiger partial charge in [0.1, 0.15) is 28.3 Å². The first-order valence-electron chi connectivity index (χ1n) is 7.86. The molecule has 3 rings (SSSR count). The van der Waals surface area contributed by atoms with Gasteiger partial charge in [-0.3, -0.25) is 9.36 Å². The molecule has 0 aliphatic carbocycles. The molecule has 0 atom stereocenters. The molecule has 0 spiro atoms. The van der Waals surface area contributed by atoms with Gasteiger partial charge in [-0.2, -0.15) is 10.5 Å². The predicted octanol–water partition coefficient (Wildman–Crippen LogP) is 2.44. The molecule has 2 heterocycles. The van der Waals surface area contributed by atoms with Gasteiger partial charge in [-0.1, -0.05) is 12.1 Å². The molecule has 5 nitrogen and oxygen atoms in total. The van der Waals surface area contributed by atoms with Crippen LogP contribution in [-0.4, -0.2) is 4.57 Å². The Morgan fingerprint density at radius 2 is 1.88 bits per heavy atom. The van der Waals surface area contributed by atoms with Crippen LogP contribution in [0.25, 0.3) is 17.3 Å². The highest BCUT2D eigenvalue weighted by Gasteiger charge is 2.13. The Morgan fingerprint density at radius 3 is 2.50 bits per heavy atom. The summed E-state index contributed by atoms with van der Waals surface area (Å²) in [5.41, 5.74) is 2.16. The summed E-state index contributed by atoms with van der Waals surface area (Å²) in [4.78, 5) is 13.1. The van der Waals surface area contributed by atoms with E-state index in [1.807, 2.05) is 57.2 Å². The summed E-state index contributed by atoms with van der Waals surface area (Å²) in [5.74, 6) is 1.29. The molecule has 0 saturated carbocycles. The molecule has 0 unspecified atom stereocenters. The molecule has 0 bridgehead atoms.